The summed E-state index contributed by atoms with van der Waals surface area (Å²) in [5.41, 5.74) is -0.702. The first-order chi connectivity index (χ1) is 11.6. The van der Waals surface area contributed by atoms with Crippen LogP contribution in [0.25, 0.3) is 0 Å². The molecule has 0 fully saturated rings. The number of rotatable bonds is 8. The summed E-state index contributed by atoms with van der Waals surface area (Å²) in [5.74, 6) is -0.656. The minimum atomic E-state index is -4.48. The number of carbonyl (C=O) groups is 2. The predicted molar refractivity (Wildman–Crippen MR) is 90.3 cm³/mol. The van der Waals surface area contributed by atoms with E-state index in [1.165, 1.54) is 24.0 Å². The maximum absolute atomic E-state index is 12.8. The highest BCUT2D eigenvalue weighted by atomic mass is 19.4. The third kappa shape index (κ3) is 7.55. The van der Waals surface area contributed by atoms with E-state index in [0.717, 1.165) is 25.1 Å². The van der Waals surface area contributed by atoms with Crippen LogP contribution in [0.15, 0.2) is 24.3 Å². The van der Waals surface area contributed by atoms with Crippen molar-refractivity contribution in [3.05, 3.63) is 29.8 Å². The first-order valence-corrected chi connectivity index (χ1v) is 7.98. The Morgan fingerprint density at radius 1 is 1.16 bits per heavy atom. The molecule has 1 N–H and O–H groups in total. The maximum Gasteiger partial charge on any atom is 0.416 e. The average molecular weight is 359 g/mol. The van der Waals surface area contributed by atoms with Gasteiger partial charge < -0.3 is 15.1 Å². The fourth-order valence-corrected chi connectivity index (χ4v) is 2.24. The van der Waals surface area contributed by atoms with Gasteiger partial charge in [-0.2, -0.15) is 13.2 Å². The van der Waals surface area contributed by atoms with Gasteiger partial charge in [0.05, 0.1) is 5.56 Å². The molecule has 8 heteroatoms. The van der Waals surface area contributed by atoms with Gasteiger partial charge in [-0.25, -0.2) is 0 Å². The number of nitrogens with one attached hydrogen (secondary N) is 1. The van der Waals surface area contributed by atoms with Crippen LogP contribution in [0, 0.1) is 0 Å². The number of anilines is 1. The van der Waals surface area contributed by atoms with Crippen LogP contribution in [0.3, 0.4) is 0 Å². The Morgan fingerprint density at radius 2 is 1.84 bits per heavy atom. The number of hydrogen-bond donors (Lipinski definition) is 1. The number of halogens is 3. The summed E-state index contributed by atoms with van der Waals surface area (Å²) in [4.78, 5) is 26.8. The number of carbonyl (C=O) groups excluding carboxylic acids is 2. The highest BCUT2D eigenvalue weighted by Crippen LogP contribution is 2.31. The van der Waals surface area contributed by atoms with Crippen LogP contribution in [0.5, 0.6) is 0 Å². The zero-order valence-electron chi connectivity index (χ0n) is 14.7. The molecule has 0 atom stereocenters. The number of hydrogen-bond acceptors (Lipinski definition) is 3. The van der Waals surface area contributed by atoms with E-state index in [1.54, 1.807) is 0 Å². The van der Waals surface area contributed by atoms with Crippen molar-refractivity contribution in [2.75, 3.05) is 38.6 Å². The lowest BCUT2D eigenvalue weighted by Crippen LogP contribution is -2.34. The molecule has 0 heterocycles. The molecule has 0 unspecified atom stereocenters. The molecule has 0 aromatic heterocycles. The lowest BCUT2D eigenvalue weighted by atomic mass is 10.1. The van der Waals surface area contributed by atoms with Crippen molar-refractivity contribution in [2.24, 2.45) is 0 Å². The second-order valence-corrected chi connectivity index (χ2v) is 5.98. The lowest BCUT2D eigenvalue weighted by Gasteiger charge is -2.22. The molecule has 0 aliphatic heterocycles. The molecule has 0 radical (unpaired) electrons. The zero-order chi connectivity index (χ0) is 19.0. The Hall–Kier alpha value is -2.09. The number of amides is 2. The minimum Gasteiger partial charge on any atom is -0.356 e. The zero-order valence-corrected chi connectivity index (χ0v) is 14.7. The van der Waals surface area contributed by atoms with Gasteiger partial charge in [0, 0.05) is 32.1 Å². The van der Waals surface area contributed by atoms with E-state index >= 15 is 0 Å². The van der Waals surface area contributed by atoms with Crippen molar-refractivity contribution < 1.29 is 22.8 Å². The van der Waals surface area contributed by atoms with Crippen LogP contribution in [-0.4, -0.2) is 50.4 Å². The molecule has 1 aromatic carbocycles. The van der Waals surface area contributed by atoms with E-state index in [2.05, 4.69) is 5.32 Å². The van der Waals surface area contributed by atoms with Gasteiger partial charge in [0.15, 0.2) is 0 Å². The molecular weight excluding hydrogens is 335 g/mol. The van der Waals surface area contributed by atoms with Crippen LogP contribution < -0.4 is 10.2 Å². The van der Waals surface area contributed by atoms with Gasteiger partial charge in [0.2, 0.25) is 11.8 Å². The van der Waals surface area contributed by atoms with E-state index in [4.69, 9.17) is 0 Å². The first kappa shape index (κ1) is 21.0. The summed E-state index contributed by atoms with van der Waals surface area (Å²) in [7, 11) is 3.86. The summed E-state index contributed by atoms with van der Waals surface area (Å²) < 4.78 is 38.4. The van der Waals surface area contributed by atoms with Crippen molar-refractivity contribution in [2.45, 2.75) is 25.9 Å². The van der Waals surface area contributed by atoms with Gasteiger partial charge in [0.1, 0.15) is 0 Å². The van der Waals surface area contributed by atoms with Gasteiger partial charge >= 0.3 is 6.18 Å². The van der Waals surface area contributed by atoms with Gasteiger partial charge in [-0.1, -0.05) is 6.07 Å². The van der Waals surface area contributed by atoms with Crippen molar-refractivity contribution >= 4 is 17.5 Å². The monoisotopic (exact) mass is 359 g/mol. The standard InChI is InChI=1S/C17H24F3N3O2/c1-13(24)23(11-8-16(25)21-9-5-10-22(2)3)15-7-4-6-14(12-15)17(18,19)20/h4,6-7,12H,5,8-11H2,1-3H3,(H,21,25). The number of alkyl halides is 3. The molecule has 0 aliphatic rings. The smallest absolute Gasteiger partial charge is 0.356 e. The van der Waals surface area contributed by atoms with Crippen molar-refractivity contribution in [1.82, 2.24) is 10.2 Å². The Balaban J connectivity index is 2.64. The van der Waals surface area contributed by atoms with Crippen LogP contribution in [0.4, 0.5) is 18.9 Å². The Bertz CT molecular complexity index is 589. The Labute approximate surface area is 145 Å². The van der Waals surface area contributed by atoms with Crippen molar-refractivity contribution in [3.63, 3.8) is 0 Å². The number of nitrogens with zero attached hydrogens (tertiary/aromatic N) is 2. The van der Waals surface area contributed by atoms with Crippen molar-refractivity contribution in [3.8, 4) is 0 Å². The van der Waals surface area contributed by atoms with Gasteiger partial charge in [0.25, 0.3) is 0 Å². The molecule has 0 spiro atoms. The van der Waals surface area contributed by atoms with Crippen molar-refractivity contribution in [1.29, 1.82) is 0 Å². The third-order valence-corrected chi connectivity index (χ3v) is 3.53. The molecule has 140 valence electrons. The largest absolute Gasteiger partial charge is 0.416 e. The quantitative estimate of drug-likeness (QED) is 0.726. The second kappa shape index (κ2) is 9.41. The first-order valence-electron chi connectivity index (χ1n) is 7.98. The summed E-state index contributed by atoms with van der Waals surface area (Å²) in [6.45, 7) is 2.64. The molecule has 1 aromatic rings. The van der Waals surface area contributed by atoms with Crippen LogP contribution in [0.2, 0.25) is 0 Å². The second-order valence-electron chi connectivity index (χ2n) is 5.98. The maximum atomic E-state index is 12.8. The van der Waals surface area contributed by atoms with Gasteiger partial charge in [-0.15, -0.1) is 0 Å². The van der Waals surface area contributed by atoms with Crippen LogP contribution in [-0.2, 0) is 15.8 Å². The third-order valence-electron chi connectivity index (χ3n) is 3.53. The fraction of sp³-hybridized carbons (Fsp3) is 0.529. The number of benzene rings is 1. The molecule has 0 saturated carbocycles. The molecule has 0 bridgehead atoms. The highest BCUT2D eigenvalue weighted by molar-refractivity contribution is 5.92. The van der Waals surface area contributed by atoms with E-state index in [9.17, 15) is 22.8 Å². The average Bonchev–Trinajstić information content (AvgIpc) is 2.51. The minimum absolute atomic E-state index is 0.0240. The molecule has 25 heavy (non-hydrogen) atoms. The molecule has 1 rings (SSSR count). The molecular formula is C17H24F3N3O2. The van der Waals surface area contributed by atoms with Gasteiger partial charge in [-0.3, -0.25) is 9.59 Å². The fourth-order valence-electron chi connectivity index (χ4n) is 2.24. The normalized spacial score (nSPS) is 11.5. The summed E-state index contributed by atoms with van der Waals surface area (Å²) in [6.07, 6.45) is -3.66. The van der Waals surface area contributed by atoms with Gasteiger partial charge in [-0.05, 0) is 45.3 Å². The summed E-state index contributed by atoms with van der Waals surface area (Å²) in [6, 6.07) is 4.52. The lowest BCUT2D eigenvalue weighted by molar-refractivity contribution is -0.137. The Morgan fingerprint density at radius 3 is 2.40 bits per heavy atom. The molecule has 0 saturated heterocycles. The highest BCUT2D eigenvalue weighted by Gasteiger charge is 2.31. The molecule has 0 aliphatic carbocycles. The van der Waals surface area contributed by atoms with Crippen LogP contribution >= 0.6 is 0 Å². The summed E-state index contributed by atoms with van der Waals surface area (Å²) in [5, 5.41) is 2.74. The van der Waals surface area contributed by atoms with Crippen LogP contribution in [0.1, 0.15) is 25.3 Å². The molecule has 5 nitrogen and oxygen atoms in total. The predicted octanol–water partition coefficient (Wildman–Crippen LogP) is 2.52. The summed E-state index contributed by atoms with van der Waals surface area (Å²) >= 11 is 0. The van der Waals surface area contributed by atoms with E-state index in [1.807, 2.05) is 19.0 Å². The van der Waals surface area contributed by atoms with E-state index in [0.29, 0.717) is 6.54 Å². The topological polar surface area (TPSA) is 52.7 Å². The SMILES string of the molecule is CC(=O)N(CCC(=O)NCCCN(C)C)c1cccc(C(F)(F)F)c1. The van der Waals surface area contributed by atoms with E-state index < -0.39 is 17.6 Å². The Kier molecular flexibility index (Phi) is 7.89. The molecule has 2 amide bonds. The van der Waals surface area contributed by atoms with E-state index in [-0.39, 0.29) is 24.6 Å².